The molecule has 134 valence electrons. The lowest BCUT2D eigenvalue weighted by Crippen LogP contribution is -2.48. The van der Waals surface area contributed by atoms with E-state index in [4.69, 9.17) is 4.74 Å². The lowest BCUT2D eigenvalue weighted by atomic mass is 10.0. The molecule has 0 spiro atoms. The molecule has 1 aliphatic heterocycles. The maximum absolute atomic E-state index is 12.9. The van der Waals surface area contributed by atoms with Gasteiger partial charge in [0.1, 0.15) is 5.75 Å². The minimum absolute atomic E-state index is 0.0953. The molecule has 3 nitrogen and oxygen atoms in total. The highest BCUT2D eigenvalue weighted by atomic mass is 19.4. The number of ether oxygens (including phenoxy) is 2. The standard InChI is InChI=1S/C16H11F6NO2/c17-15(18,19)11-7-5-10(6-8-11)14(25-16(20,21)22)9-23-12-3-1-2-4-13(12)24-14/h1-8,23H,9H2. The highest BCUT2D eigenvalue weighted by Gasteiger charge is 2.49. The number of nitrogens with one attached hydrogen (secondary N) is 1. The number of rotatable bonds is 2. The second-order valence-electron chi connectivity index (χ2n) is 5.33. The van der Waals surface area contributed by atoms with E-state index in [9.17, 15) is 26.3 Å². The molecule has 0 amide bonds. The monoisotopic (exact) mass is 363 g/mol. The molecule has 0 saturated carbocycles. The smallest absolute Gasteiger partial charge is 0.454 e. The van der Waals surface area contributed by atoms with Gasteiger partial charge in [-0.15, -0.1) is 13.2 Å². The summed E-state index contributed by atoms with van der Waals surface area (Å²) in [6.45, 7) is -0.436. The maximum atomic E-state index is 12.9. The predicted molar refractivity (Wildman–Crippen MR) is 75.8 cm³/mol. The van der Waals surface area contributed by atoms with Gasteiger partial charge in [-0.2, -0.15) is 13.2 Å². The molecule has 25 heavy (non-hydrogen) atoms. The summed E-state index contributed by atoms with van der Waals surface area (Å²) in [5, 5.41) is 2.75. The number of fused-ring (bicyclic) bond motifs is 1. The first-order chi connectivity index (χ1) is 11.6. The van der Waals surface area contributed by atoms with E-state index in [0.29, 0.717) is 17.8 Å². The topological polar surface area (TPSA) is 30.5 Å². The summed E-state index contributed by atoms with van der Waals surface area (Å²) in [5.41, 5.74) is -0.724. The predicted octanol–water partition coefficient (Wildman–Crippen LogP) is 4.90. The second kappa shape index (κ2) is 5.83. The second-order valence-corrected chi connectivity index (χ2v) is 5.33. The van der Waals surface area contributed by atoms with E-state index in [2.05, 4.69) is 10.1 Å². The van der Waals surface area contributed by atoms with Gasteiger partial charge in [-0.25, -0.2) is 4.74 Å². The van der Waals surface area contributed by atoms with Crippen LogP contribution in [0.15, 0.2) is 48.5 Å². The van der Waals surface area contributed by atoms with Crippen LogP contribution in [-0.4, -0.2) is 12.9 Å². The van der Waals surface area contributed by atoms with Crippen LogP contribution in [0.3, 0.4) is 0 Å². The quantitative estimate of drug-likeness (QED) is 0.770. The third-order valence-corrected chi connectivity index (χ3v) is 3.61. The van der Waals surface area contributed by atoms with E-state index >= 15 is 0 Å². The SMILES string of the molecule is FC(F)(F)OC1(c2ccc(C(F)(F)F)cc2)CNc2ccccc2O1. The van der Waals surface area contributed by atoms with Crippen molar-refractivity contribution in [3.8, 4) is 5.75 Å². The highest BCUT2D eigenvalue weighted by molar-refractivity contribution is 5.58. The van der Waals surface area contributed by atoms with E-state index in [0.717, 1.165) is 12.1 Å². The van der Waals surface area contributed by atoms with Crippen LogP contribution in [0.2, 0.25) is 0 Å². The van der Waals surface area contributed by atoms with Gasteiger partial charge in [0.2, 0.25) is 0 Å². The zero-order valence-electron chi connectivity index (χ0n) is 12.4. The molecule has 0 fully saturated rings. The van der Waals surface area contributed by atoms with Crippen molar-refractivity contribution in [1.82, 2.24) is 0 Å². The molecular formula is C16H11F6NO2. The van der Waals surface area contributed by atoms with Crippen molar-refractivity contribution in [2.24, 2.45) is 0 Å². The van der Waals surface area contributed by atoms with Gasteiger partial charge in [0, 0.05) is 5.56 Å². The fraction of sp³-hybridized carbons (Fsp3) is 0.250. The Labute approximate surface area is 138 Å². The Balaban J connectivity index is 2.02. The van der Waals surface area contributed by atoms with Gasteiger partial charge in [-0.3, -0.25) is 0 Å². The van der Waals surface area contributed by atoms with Gasteiger partial charge >= 0.3 is 12.5 Å². The molecular weight excluding hydrogens is 352 g/mol. The Morgan fingerprint density at radius 2 is 1.56 bits per heavy atom. The fourth-order valence-electron chi connectivity index (χ4n) is 2.50. The van der Waals surface area contributed by atoms with Crippen molar-refractivity contribution in [2.45, 2.75) is 18.3 Å². The van der Waals surface area contributed by atoms with Crippen LogP contribution in [0.4, 0.5) is 32.0 Å². The van der Waals surface area contributed by atoms with Crippen molar-refractivity contribution >= 4 is 5.69 Å². The van der Waals surface area contributed by atoms with E-state index in [-0.39, 0.29) is 11.3 Å². The normalized spacial score (nSPS) is 20.4. The lowest BCUT2D eigenvalue weighted by Gasteiger charge is -2.39. The third kappa shape index (κ3) is 3.65. The largest absolute Gasteiger partial charge is 0.526 e. The van der Waals surface area contributed by atoms with E-state index in [1.807, 2.05) is 0 Å². The number of para-hydroxylation sites is 2. The number of anilines is 1. The molecule has 9 heteroatoms. The van der Waals surface area contributed by atoms with Gasteiger partial charge in [0.15, 0.2) is 0 Å². The molecule has 0 aromatic heterocycles. The van der Waals surface area contributed by atoms with Gasteiger partial charge in [-0.05, 0) is 24.3 Å². The molecule has 0 radical (unpaired) electrons. The summed E-state index contributed by atoms with van der Waals surface area (Å²) in [6, 6.07) is 9.41. The molecule has 2 aromatic carbocycles. The minimum Gasteiger partial charge on any atom is -0.454 e. The molecule has 3 rings (SSSR count). The van der Waals surface area contributed by atoms with Gasteiger partial charge in [0.05, 0.1) is 17.8 Å². The number of hydrogen-bond acceptors (Lipinski definition) is 3. The first-order valence-electron chi connectivity index (χ1n) is 7.06. The van der Waals surface area contributed by atoms with E-state index in [1.165, 1.54) is 6.07 Å². The summed E-state index contributed by atoms with van der Waals surface area (Å²) in [6.07, 6.45) is -9.66. The number of hydrogen-bond donors (Lipinski definition) is 1. The van der Waals surface area contributed by atoms with Crippen LogP contribution in [0, 0.1) is 0 Å². The lowest BCUT2D eigenvalue weighted by molar-refractivity contribution is -0.405. The van der Waals surface area contributed by atoms with Crippen LogP contribution >= 0.6 is 0 Å². The number of halogens is 6. The molecule has 1 atom stereocenters. The van der Waals surface area contributed by atoms with Crippen LogP contribution in [-0.2, 0) is 16.7 Å². The molecule has 1 aliphatic rings. The summed E-state index contributed by atoms with van der Waals surface area (Å²) in [7, 11) is 0. The third-order valence-electron chi connectivity index (χ3n) is 3.61. The molecule has 1 unspecified atom stereocenters. The van der Waals surface area contributed by atoms with Crippen molar-refractivity contribution in [3.05, 3.63) is 59.7 Å². The van der Waals surface area contributed by atoms with Crippen molar-refractivity contribution in [3.63, 3.8) is 0 Å². The summed E-state index contributed by atoms with van der Waals surface area (Å²) >= 11 is 0. The van der Waals surface area contributed by atoms with Gasteiger partial charge in [0.25, 0.3) is 5.79 Å². The summed E-state index contributed by atoms with van der Waals surface area (Å²) in [5.74, 6) is -2.24. The Hall–Kier alpha value is -2.42. The maximum Gasteiger partial charge on any atom is 0.526 e. The minimum atomic E-state index is -5.06. The average Bonchev–Trinajstić information content (AvgIpc) is 2.52. The summed E-state index contributed by atoms with van der Waals surface area (Å²) in [4.78, 5) is 0. The molecule has 1 heterocycles. The van der Waals surface area contributed by atoms with Crippen molar-refractivity contribution in [1.29, 1.82) is 0 Å². The zero-order valence-corrected chi connectivity index (χ0v) is 12.4. The van der Waals surface area contributed by atoms with E-state index in [1.54, 1.807) is 18.2 Å². The van der Waals surface area contributed by atoms with Crippen LogP contribution in [0.25, 0.3) is 0 Å². The first kappa shape index (κ1) is 17.4. The fourth-order valence-corrected chi connectivity index (χ4v) is 2.50. The van der Waals surface area contributed by atoms with Crippen molar-refractivity contribution < 1.29 is 35.8 Å². The number of alkyl halides is 6. The first-order valence-corrected chi connectivity index (χ1v) is 7.06. The molecule has 0 saturated heterocycles. The average molecular weight is 363 g/mol. The van der Waals surface area contributed by atoms with E-state index < -0.39 is 30.4 Å². The Bertz CT molecular complexity index is 756. The molecule has 0 bridgehead atoms. The van der Waals surface area contributed by atoms with Crippen LogP contribution in [0.1, 0.15) is 11.1 Å². The molecule has 0 aliphatic carbocycles. The molecule has 1 N–H and O–H groups in total. The molecule has 2 aromatic rings. The van der Waals surface area contributed by atoms with Gasteiger partial charge < -0.3 is 10.1 Å². The highest BCUT2D eigenvalue weighted by Crippen LogP contribution is 2.42. The number of benzene rings is 2. The van der Waals surface area contributed by atoms with Crippen LogP contribution in [0.5, 0.6) is 5.75 Å². The Morgan fingerprint density at radius 1 is 0.920 bits per heavy atom. The van der Waals surface area contributed by atoms with Gasteiger partial charge in [-0.1, -0.05) is 24.3 Å². The summed E-state index contributed by atoms with van der Waals surface area (Å²) < 4.78 is 86.3. The Kier molecular flexibility index (Phi) is 4.06. The van der Waals surface area contributed by atoms with Crippen molar-refractivity contribution in [2.75, 3.05) is 11.9 Å². The Morgan fingerprint density at radius 3 is 2.16 bits per heavy atom. The van der Waals surface area contributed by atoms with Crippen LogP contribution < -0.4 is 10.1 Å². The zero-order chi connectivity index (χ0) is 18.3.